The van der Waals surface area contributed by atoms with Crippen LogP contribution in [0.4, 0.5) is 0 Å². The third-order valence-electron chi connectivity index (χ3n) is 22.6. The highest BCUT2D eigenvalue weighted by atomic mass is 16.5. The van der Waals surface area contributed by atoms with Gasteiger partial charge in [-0.1, -0.05) is 81.2 Å². The first-order valence-electron chi connectivity index (χ1n) is 28.1. The van der Waals surface area contributed by atoms with E-state index in [1.54, 1.807) is 0 Å². The summed E-state index contributed by atoms with van der Waals surface area (Å²) in [4.78, 5) is 49.8. The number of rotatable bonds is 12. The largest absolute Gasteiger partial charge is 0.469 e. The van der Waals surface area contributed by atoms with E-state index in [1.807, 2.05) is 13.8 Å². The van der Waals surface area contributed by atoms with Crippen LogP contribution in [-0.2, 0) is 33.4 Å². The molecule has 0 heterocycles. The van der Waals surface area contributed by atoms with Crippen molar-refractivity contribution in [2.45, 2.75) is 217 Å². The molecule has 0 aliphatic heterocycles. The Morgan fingerprint density at radius 2 is 1.25 bits per heavy atom. The summed E-state index contributed by atoms with van der Waals surface area (Å²) < 4.78 is 15.9. The third-order valence-corrected chi connectivity index (χ3v) is 22.6. The number of aliphatic hydroxyl groups excluding tert-OH is 1. The Bertz CT molecular complexity index is 1810. The number of fused-ring (bicyclic) bond motifs is 10. The van der Waals surface area contributed by atoms with Crippen molar-refractivity contribution in [3.63, 3.8) is 0 Å². The highest BCUT2D eigenvalue weighted by Gasteiger charge is 2.66. The zero-order chi connectivity index (χ0) is 48.8. The molecule has 8 nitrogen and oxygen atoms in total. The highest BCUT2D eigenvalue weighted by Crippen LogP contribution is 2.71. The van der Waals surface area contributed by atoms with E-state index in [0.29, 0.717) is 102 Å². The monoisotopic (exact) mass is 933 g/mol. The van der Waals surface area contributed by atoms with Crippen LogP contribution in [0.5, 0.6) is 0 Å². The second kappa shape index (κ2) is 20.9. The Hall–Kier alpha value is -2.22. The summed E-state index contributed by atoms with van der Waals surface area (Å²) in [5.41, 5.74) is 2.16. The van der Waals surface area contributed by atoms with Gasteiger partial charge in [0.2, 0.25) is 0 Å². The average molecular weight is 933 g/mol. The second-order valence-electron chi connectivity index (χ2n) is 25.4. The summed E-state index contributed by atoms with van der Waals surface area (Å²) in [6, 6.07) is 0. The van der Waals surface area contributed by atoms with Crippen LogP contribution >= 0.6 is 0 Å². The predicted octanol–water partition coefficient (Wildman–Crippen LogP) is 13.2. The van der Waals surface area contributed by atoms with E-state index in [1.165, 1.54) is 83.3 Å². The summed E-state index contributed by atoms with van der Waals surface area (Å²) in [6.45, 7) is 25.6. The molecule has 8 rings (SSSR count). The number of hydrogen-bond acceptors (Lipinski definition) is 8. The van der Waals surface area contributed by atoms with Gasteiger partial charge in [0.1, 0.15) is 6.10 Å². The number of esters is 3. The van der Waals surface area contributed by atoms with Crippen molar-refractivity contribution in [2.24, 2.45) is 105 Å². The summed E-state index contributed by atoms with van der Waals surface area (Å²) >= 11 is 0. The molecule has 380 valence electrons. The number of aliphatic hydroxyl groups is 1. The number of allylic oxidation sites excluding steroid dienone is 2. The van der Waals surface area contributed by atoms with Gasteiger partial charge in [0.25, 0.3) is 0 Å². The van der Waals surface area contributed by atoms with Gasteiger partial charge in [-0.2, -0.15) is 0 Å². The van der Waals surface area contributed by atoms with Crippen LogP contribution in [0.2, 0.25) is 0 Å². The molecular formula is C59H96O8. The Balaban J connectivity index is 0.000000200. The molecule has 0 radical (unpaired) electrons. The standard InChI is InChI=1S/C30H50O5.C29H46O3/c1-7-20-24-17-19(35-25(31)8-2)13-15-30(24,5)23-14-16-29(4)21(18(3)9-12-26(32)34-6)10-11-22(29)27(23)28(20)33;1-7-20-24-17-18(3)13-15-29(24,6)23-14-16-28(5)21(10-11-22(28)26(23)27(20)31)19(4)9-12-25(30)32-8-2/h18-24,27-28,33H,7-17H2,1-6H3;7,18-19,21-24,26H,8-17H2,1-6H3/t18-,19-,20-,21?,22?,23?,24?,27?,28-,29-,30-;18-,19-,21?,22?,23?,24?,26?,28-,29-/m11/s1. The fourth-order valence-corrected chi connectivity index (χ4v) is 19.1. The number of ketones is 1. The van der Waals surface area contributed by atoms with Gasteiger partial charge in [0, 0.05) is 25.2 Å². The molecule has 0 saturated heterocycles. The van der Waals surface area contributed by atoms with Gasteiger partial charge < -0.3 is 19.3 Å². The molecular weight excluding hydrogens is 837 g/mol. The molecule has 0 amide bonds. The van der Waals surface area contributed by atoms with Crippen LogP contribution in [0, 0.1) is 105 Å². The molecule has 1 N–H and O–H groups in total. The van der Waals surface area contributed by atoms with E-state index in [4.69, 9.17) is 14.2 Å². The molecule has 0 bridgehead atoms. The van der Waals surface area contributed by atoms with Crippen LogP contribution in [-0.4, -0.2) is 54.7 Å². The molecule has 8 fully saturated rings. The second-order valence-corrected chi connectivity index (χ2v) is 25.4. The van der Waals surface area contributed by atoms with Crippen molar-refractivity contribution < 1.29 is 38.5 Å². The Morgan fingerprint density at radius 1 is 0.701 bits per heavy atom. The fraction of sp³-hybridized carbons (Fsp3) is 0.898. The van der Waals surface area contributed by atoms with Gasteiger partial charge >= 0.3 is 17.9 Å². The number of carbonyl (C=O) groups excluding carboxylic acids is 4. The van der Waals surface area contributed by atoms with E-state index in [0.717, 1.165) is 44.4 Å². The minimum atomic E-state index is -0.266. The number of hydrogen-bond donors (Lipinski definition) is 1. The highest BCUT2D eigenvalue weighted by molar-refractivity contribution is 5.99. The van der Waals surface area contributed by atoms with Crippen molar-refractivity contribution in [2.75, 3.05) is 13.7 Å². The van der Waals surface area contributed by atoms with Crippen molar-refractivity contribution in [1.29, 1.82) is 0 Å². The maximum absolute atomic E-state index is 14.0. The van der Waals surface area contributed by atoms with Gasteiger partial charge in [0.15, 0.2) is 5.78 Å². The van der Waals surface area contributed by atoms with Gasteiger partial charge in [0.05, 0.1) is 19.8 Å². The zero-order valence-corrected chi connectivity index (χ0v) is 44.5. The first-order valence-corrected chi connectivity index (χ1v) is 28.1. The quantitative estimate of drug-likeness (QED) is 0.117. The van der Waals surface area contributed by atoms with E-state index in [2.05, 4.69) is 68.4 Å². The first-order chi connectivity index (χ1) is 31.8. The minimum absolute atomic E-state index is 0.0127. The predicted molar refractivity (Wildman–Crippen MR) is 265 cm³/mol. The molecule has 10 unspecified atom stereocenters. The zero-order valence-electron chi connectivity index (χ0n) is 44.5. The molecule has 0 aromatic rings. The number of Topliss-reactive ketones (excluding diaryl/α,β-unsaturated/α-hetero) is 1. The van der Waals surface area contributed by atoms with Crippen molar-refractivity contribution in [3.05, 3.63) is 11.6 Å². The molecule has 20 atom stereocenters. The van der Waals surface area contributed by atoms with Crippen molar-refractivity contribution in [3.8, 4) is 0 Å². The van der Waals surface area contributed by atoms with E-state index in [-0.39, 0.29) is 58.2 Å². The minimum Gasteiger partial charge on any atom is -0.469 e. The van der Waals surface area contributed by atoms with Gasteiger partial charge in [-0.3, -0.25) is 19.2 Å². The van der Waals surface area contributed by atoms with E-state index < -0.39 is 0 Å². The van der Waals surface area contributed by atoms with Crippen LogP contribution in [0.15, 0.2) is 11.6 Å². The molecule has 0 aromatic heterocycles. The lowest BCUT2D eigenvalue weighted by atomic mass is 9.41. The lowest BCUT2D eigenvalue weighted by Gasteiger charge is -2.64. The number of methoxy groups -OCH3 is 1. The fourth-order valence-electron chi connectivity index (χ4n) is 19.1. The maximum atomic E-state index is 14.0. The van der Waals surface area contributed by atoms with Crippen LogP contribution in [0.3, 0.4) is 0 Å². The topological polar surface area (TPSA) is 116 Å². The molecule has 0 aromatic carbocycles. The smallest absolute Gasteiger partial charge is 0.305 e. The molecule has 0 spiro atoms. The SMILES string of the molecule is CC=C1C(=O)C2C(CC[C@@]3(C)C2CCC3[C@H](C)CCC(=O)OCC)[C@@]2(C)CC[C@@H](C)CC12.CCC(=O)O[C@@H]1CC[C@]2(C)C3CC[C@@]4(C)C(CCC4[C@H](C)CCC(=O)OC)C3[C@H](O)[C@H](CC)C2C1. The molecule has 8 aliphatic rings. The molecule has 8 saturated carbocycles. The van der Waals surface area contributed by atoms with Gasteiger partial charge in [-0.15, -0.1) is 0 Å². The summed E-state index contributed by atoms with van der Waals surface area (Å²) in [6.07, 6.45) is 22.7. The van der Waals surface area contributed by atoms with Crippen molar-refractivity contribution in [1.82, 2.24) is 0 Å². The summed E-state index contributed by atoms with van der Waals surface area (Å²) in [5, 5.41) is 12.0. The van der Waals surface area contributed by atoms with Crippen LogP contribution in [0.25, 0.3) is 0 Å². The maximum Gasteiger partial charge on any atom is 0.305 e. The normalized spacial score (nSPS) is 45.6. The van der Waals surface area contributed by atoms with Crippen LogP contribution in [0.1, 0.15) is 205 Å². The molecule has 8 aliphatic carbocycles. The van der Waals surface area contributed by atoms with Gasteiger partial charge in [-0.05, 0) is 214 Å². The van der Waals surface area contributed by atoms with E-state index in [9.17, 15) is 24.3 Å². The summed E-state index contributed by atoms with van der Waals surface area (Å²) in [5.74, 6) is 7.14. The van der Waals surface area contributed by atoms with Gasteiger partial charge in [-0.25, -0.2) is 0 Å². The van der Waals surface area contributed by atoms with E-state index >= 15 is 0 Å². The average Bonchev–Trinajstić information content (AvgIpc) is 3.85. The Kier molecular flexibility index (Phi) is 16.4. The lowest BCUT2D eigenvalue weighted by Crippen LogP contribution is -2.62. The third kappa shape index (κ3) is 9.42. The summed E-state index contributed by atoms with van der Waals surface area (Å²) in [7, 11) is 1.48. The Labute approximate surface area is 407 Å². The number of carbonyl (C=O) groups is 4. The first kappa shape index (κ1) is 52.6. The lowest BCUT2D eigenvalue weighted by molar-refractivity contribution is -0.207. The Morgan fingerprint density at radius 3 is 1.85 bits per heavy atom. The molecule has 67 heavy (non-hydrogen) atoms. The molecule has 8 heteroatoms. The number of ether oxygens (including phenoxy) is 3. The van der Waals surface area contributed by atoms with Crippen molar-refractivity contribution >= 4 is 23.7 Å². The van der Waals surface area contributed by atoms with Crippen LogP contribution < -0.4 is 0 Å².